The van der Waals surface area contributed by atoms with E-state index in [-0.39, 0.29) is 16.7 Å². The largest absolute Gasteiger partial charge is 0.371 e. The average molecular weight is 480 g/mol. The number of benzene rings is 2. The van der Waals surface area contributed by atoms with Crippen LogP contribution in [-0.4, -0.2) is 33.5 Å². The van der Waals surface area contributed by atoms with Crippen molar-refractivity contribution >= 4 is 43.2 Å². The van der Waals surface area contributed by atoms with Crippen LogP contribution in [0.5, 0.6) is 0 Å². The monoisotopic (exact) mass is 479 g/mol. The third-order valence-electron chi connectivity index (χ3n) is 4.94. The number of nitrogens with zero attached hydrogens (tertiary/aromatic N) is 1. The van der Waals surface area contributed by atoms with E-state index < -0.39 is 16.1 Å². The van der Waals surface area contributed by atoms with Crippen molar-refractivity contribution in [3.63, 3.8) is 0 Å². The molecule has 0 bridgehead atoms. The van der Waals surface area contributed by atoms with Crippen LogP contribution in [0.25, 0.3) is 0 Å². The predicted molar refractivity (Wildman–Crippen MR) is 120 cm³/mol. The second-order valence-corrected chi connectivity index (χ2v) is 10.2. The van der Waals surface area contributed by atoms with E-state index in [0.29, 0.717) is 5.69 Å². The van der Waals surface area contributed by atoms with Gasteiger partial charge < -0.3 is 10.2 Å². The number of rotatable bonds is 7. The number of hydrogen-bond donors (Lipinski definition) is 2. The highest BCUT2D eigenvalue weighted by Crippen LogP contribution is 2.24. The van der Waals surface area contributed by atoms with Gasteiger partial charge in [0.25, 0.3) is 0 Å². The van der Waals surface area contributed by atoms with Gasteiger partial charge in [-0.2, -0.15) is 4.72 Å². The Bertz CT molecular complexity index is 955. The highest BCUT2D eigenvalue weighted by Gasteiger charge is 2.28. The number of anilines is 2. The molecule has 29 heavy (non-hydrogen) atoms. The maximum Gasteiger partial charge on any atom is 0.242 e. The third kappa shape index (κ3) is 5.58. The summed E-state index contributed by atoms with van der Waals surface area (Å²) in [6, 6.07) is 13.1. The summed E-state index contributed by atoms with van der Waals surface area (Å²) >= 11 is 3.29. The Morgan fingerprint density at radius 1 is 1.07 bits per heavy atom. The van der Waals surface area contributed by atoms with E-state index in [4.69, 9.17) is 0 Å². The van der Waals surface area contributed by atoms with Gasteiger partial charge in [0, 0.05) is 28.9 Å². The first-order valence-electron chi connectivity index (χ1n) is 9.70. The summed E-state index contributed by atoms with van der Waals surface area (Å²) in [6.07, 6.45) is 2.34. The van der Waals surface area contributed by atoms with Gasteiger partial charge in [0.2, 0.25) is 15.9 Å². The fourth-order valence-electron chi connectivity index (χ4n) is 3.32. The van der Waals surface area contributed by atoms with E-state index in [1.807, 2.05) is 38.1 Å². The van der Waals surface area contributed by atoms with E-state index in [0.717, 1.165) is 23.2 Å². The fourth-order valence-corrected chi connectivity index (χ4v) is 4.93. The minimum atomic E-state index is -3.82. The van der Waals surface area contributed by atoms with Crippen LogP contribution < -0.4 is 14.9 Å². The molecule has 0 spiro atoms. The van der Waals surface area contributed by atoms with Crippen molar-refractivity contribution < 1.29 is 13.2 Å². The molecule has 0 aliphatic carbocycles. The molecule has 1 heterocycles. The molecule has 2 aromatic rings. The first kappa shape index (κ1) is 21.8. The van der Waals surface area contributed by atoms with Gasteiger partial charge in [0.15, 0.2) is 0 Å². The summed E-state index contributed by atoms with van der Waals surface area (Å²) in [6.45, 7) is 5.65. The lowest BCUT2D eigenvalue weighted by Gasteiger charge is -2.23. The van der Waals surface area contributed by atoms with Crippen molar-refractivity contribution in [2.75, 3.05) is 23.3 Å². The second kappa shape index (κ2) is 9.28. The number of amides is 1. The third-order valence-corrected chi connectivity index (χ3v) is 6.93. The lowest BCUT2D eigenvalue weighted by molar-refractivity contribution is -0.118. The molecule has 1 saturated heterocycles. The van der Waals surface area contributed by atoms with Crippen LogP contribution in [0.15, 0.2) is 57.9 Å². The van der Waals surface area contributed by atoms with Crippen molar-refractivity contribution in [2.45, 2.75) is 37.6 Å². The molecule has 1 atom stereocenters. The van der Waals surface area contributed by atoms with E-state index in [2.05, 4.69) is 30.9 Å². The molecule has 2 aromatic carbocycles. The van der Waals surface area contributed by atoms with Gasteiger partial charge >= 0.3 is 0 Å². The molecule has 0 aromatic heterocycles. The lowest BCUT2D eigenvalue weighted by Crippen LogP contribution is -2.47. The molecule has 0 saturated carbocycles. The summed E-state index contributed by atoms with van der Waals surface area (Å²) < 4.78 is 28.8. The molecule has 156 valence electrons. The van der Waals surface area contributed by atoms with E-state index in [1.54, 1.807) is 12.1 Å². The first-order chi connectivity index (χ1) is 13.8. The van der Waals surface area contributed by atoms with Gasteiger partial charge in [-0.15, -0.1) is 0 Å². The van der Waals surface area contributed by atoms with Crippen LogP contribution in [-0.2, 0) is 14.8 Å². The molecule has 8 heteroatoms. The molecular weight excluding hydrogens is 454 g/mol. The van der Waals surface area contributed by atoms with Gasteiger partial charge in [-0.05, 0) is 61.2 Å². The van der Waals surface area contributed by atoms with E-state index in [1.165, 1.54) is 25.0 Å². The molecule has 6 nitrogen and oxygen atoms in total. The van der Waals surface area contributed by atoms with E-state index in [9.17, 15) is 13.2 Å². The van der Waals surface area contributed by atoms with Gasteiger partial charge in [-0.25, -0.2) is 8.42 Å². The van der Waals surface area contributed by atoms with Crippen molar-refractivity contribution in [1.29, 1.82) is 0 Å². The molecule has 3 rings (SSSR count). The number of carbonyl (C=O) groups excluding carboxylic acids is 1. The second-order valence-electron chi connectivity index (χ2n) is 7.53. The Kier molecular flexibility index (Phi) is 6.97. The van der Waals surface area contributed by atoms with Crippen LogP contribution in [0.1, 0.15) is 26.7 Å². The molecule has 1 fully saturated rings. The Hall–Kier alpha value is -1.90. The molecular formula is C21H26BrN3O3S. The topological polar surface area (TPSA) is 78.5 Å². The van der Waals surface area contributed by atoms with Crippen LogP contribution in [0.3, 0.4) is 0 Å². The highest BCUT2D eigenvalue weighted by atomic mass is 79.9. The Morgan fingerprint density at radius 3 is 2.34 bits per heavy atom. The normalized spacial score (nSPS) is 15.5. The van der Waals surface area contributed by atoms with Crippen molar-refractivity contribution in [2.24, 2.45) is 5.92 Å². The maximum absolute atomic E-state index is 12.9. The van der Waals surface area contributed by atoms with Crippen molar-refractivity contribution in [3.8, 4) is 0 Å². The van der Waals surface area contributed by atoms with Crippen LogP contribution in [0, 0.1) is 5.92 Å². The predicted octanol–water partition coefficient (Wildman–Crippen LogP) is 3.99. The summed E-state index contributed by atoms with van der Waals surface area (Å²) in [5.41, 5.74) is 1.73. The van der Waals surface area contributed by atoms with Gasteiger partial charge in [0.05, 0.1) is 4.90 Å². The Morgan fingerprint density at radius 2 is 1.72 bits per heavy atom. The van der Waals surface area contributed by atoms with Crippen LogP contribution in [0.4, 0.5) is 11.4 Å². The minimum Gasteiger partial charge on any atom is -0.371 e. The number of carbonyl (C=O) groups is 1. The Labute approximate surface area is 180 Å². The summed E-state index contributed by atoms with van der Waals surface area (Å²) in [5, 5.41) is 2.87. The van der Waals surface area contributed by atoms with E-state index >= 15 is 0 Å². The number of sulfonamides is 1. The van der Waals surface area contributed by atoms with Gasteiger partial charge in [0.1, 0.15) is 6.04 Å². The number of hydrogen-bond acceptors (Lipinski definition) is 4. The van der Waals surface area contributed by atoms with Crippen molar-refractivity contribution in [3.05, 3.63) is 53.0 Å². The van der Waals surface area contributed by atoms with Crippen molar-refractivity contribution in [1.82, 2.24) is 4.72 Å². The number of nitrogens with one attached hydrogen (secondary N) is 2. The first-order valence-corrected chi connectivity index (χ1v) is 12.0. The quantitative estimate of drug-likeness (QED) is 0.628. The fraction of sp³-hybridized carbons (Fsp3) is 0.381. The molecule has 1 aliphatic heterocycles. The average Bonchev–Trinajstić information content (AvgIpc) is 3.21. The van der Waals surface area contributed by atoms with Crippen LogP contribution in [0.2, 0.25) is 0 Å². The lowest BCUT2D eigenvalue weighted by atomic mass is 10.0. The number of halogens is 1. The maximum atomic E-state index is 12.9. The zero-order chi connectivity index (χ0) is 21.0. The summed E-state index contributed by atoms with van der Waals surface area (Å²) in [7, 11) is -3.82. The van der Waals surface area contributed by atoms with Gasteiger partial charge in [-0.1, -0.05) is 35.8 Å². The molecule has 1 amide bonds. The summed E-state index contributed by atoms with van der Waals surface area (Å²) in [5.74, 6) is -0.596. The Balaban J connectivity index is 1.74. The molecule has 1 aliphatic rings. The standard InChI is InChI=1S/C21H26BrN3O3S/c1-15(2)20(24-29(27,28)19-10-8-16(22)9-11-19)21(26)23-17-6-5-7-18(14-17)25-12-3-4-13-25/h5-11,14-15,20,24H,3-4,12-13H2,1-2H3,(H,23,26)/t20-/m0/s1. The minimum absolute atomic E-state index is 0.121. The zero-order valence-corrected chi connectivity index (χ0v) is 19.0. The summed E-state index contributed by atoms with van der Waals surface area (Å²) in [4.78, 5) is 15.3. The smallest absolute Gasteiger partial charge is 0.242 e. The van der Waals surface area contributed by atoms with Crippen LogP contribution >= 0.6 is 15.9 Å². The molecule has 2 N–H and O–H groups in total. The van der Waals surface area contributed by atoms with Gasteiger partial charge in [-0.3, -0.25) is 4.79 Å². The molecule has 0 radical (unpaired) electrons. The highest BCUT2D eigenvalue weighted by molar-refractivity contribution is 9.10. The SMILES string of the molecule is CC(C)[C@H](NS(=O)(=O)c1ccc(Br)cc1)C(=O)Nc1cccc(N2CCCC2)c1. The molecule has 0 unspecified atom stereocenters. The zero-order valence-electron chi connectivity index (χ0n) is 16.6.